The molecular formula is C33H25F5OS. The van der Waals surface area contributed by atoms with Crippen LogP contribution in [0.15, 0.2) is 60.7 Å². The lowest BCUT2D eigenvalue weighted by Gasteiger charge is -2.28. The van der Waals surface area contributed by atoms with Crippen molar-refractivity contribution in [3.8, 4) is 29.4 Å². The second-order valence-electron chi connectivity index (χ2n) is 9.76. The maximum atomic E-state index is 14.9. The summed E-state index contributed by atoms with van der Waals surface area (Å²) < 4.78 is 72.6. The van der Waals surface area contributed by atoms with Crippen LogP contribution in [0.4, 0.5) is 22.0 Å². The molecule has 0 atom stereocenters. The van der Waals surface area contributed by atoms with Gasteiger partial charge in [-0.2, -0.15) is 13.2 Å². The summed E-state index contributed by atoms with van der Waals surface area (Å²) in [5.41, 5.74) is 0.955. The summed E-state index contributed by atoms with van der Waals surface area (Å²) in [4.78, 5) is 1.38. The van der Waals surface area contributed by atoms with Crippen LogP contribution in [0, 0.1) is 35.3 Å². The molecule has 1 aromatic heterocycles. The minimum absolute atomic E-state index is 0.176. The van der Waals surface area contributed by atoms with Crippen molar-refractivity contribution in [3.63, 3.8) is 0 Å². The smallest absolute Gasteiger partial charge is 0.458 e. The molecule has 0 unspecified atom stereocenters. The summed E-state index contributed by atoms with van der Waals surface area (Å²) in [7, 11) is 0. The highest BCUT2D eigenvalue weighted by Gasteiger charge is 2.25. The number of thiophene rings is 1. The minimum atomic E-state index is -4.71. The molecule has 1 saturated carbocycles. The first-order chi connectivity index (χ1) is 19.2. The maximum absolute atomic E-state index is 14.9. The van der Waals surface area contributed by atoms with Gasteiger partial charge in [-0.25, -0.2) is 8.78 Å². The normalized spacial score (nSPS) is 17.1. The van der Waals surface area contributed by atoms with Crippen LogP contribution in [0.2, 0.25) is 0 Å². The largest absolute Gasteiger partial charge is 0.494 e. The van der Waals surface area contributed by atoms with Crippen molar-refractivity contribution in [1.82, 2.24) is 0 Å². The number of fused-ring (bicyclic) bond motifs is 1. The lowest BCUT2D eigenvalue weighted by atomic mass is 9.78. The number of benzene rings is 3. The molecule has 0 amide bonds. The second kappa shape index (κ2) is 11.7. The van der Waals surface area contributed by atoms with Gasteiger partial charge in [-0.1, -0.05) is 23.8 Å². The van der Waals surface area contributed by atoms with Crippen LogP contribution in [0.3, 0.4) is 0 Å². The second-order valence-corrected chi connectivity index (χ2v) is 10.9. The van der Waals surface area contributed by atoms with Gasteiger partial charge in [0.25, 0.3) is 0 Å². The Balaban J connectivity index is 1.23. The third-order valence-electron chi connectivity index (χ3n) is 7.07. The van der Waals surface area contributed by atoms with Gasteiger partial charge >= 0.3 is 6.18 Å². The van der Waals surface area contributed by atoms with E-state index in [0.717, 1.165) is 55.0 Å². The number of hydrogen-bond acceptors (Lipinski definition) is 2. The van der Waals surface area contributed by atoms with Crippen LogP contribution >= 0.6 is 11.3 Å². The molecule has 0 N–H and O–H groups in total. The molecule has 1 nitrogen and oxygen atoms in total. The predicted octanol–water partition coefficient (Wildman–Crippen LogP) is 9.33. The van der Waals surface area contributed by atoms with Gasteiger partial charge < -0.3 is 4.74 Å². The molecular weight excluding hydrogens is 539 g/mol. The van der Waals surface area contributed by atoms with Crippen molar-refractivity contribution in [2.24, 2.45) is 0 Å². The molecule has 1 heterocycles. The Labute approximate surface area is 234 Å². The highest BCUT2D eigenvalue weighted by atomic mass is 32.1. The summed E-state index contributed by atoms with van der Waals surface area (Å²) in [6, 6.07) is 17.0. The third kappa shape index (κ3) is 6.66. The third-order valence-corrected chi connectivity index (χ3v) is 8.33. The van der Waals surface area contributed by atoms with Gasteiger partial charge in [-0.05, 0) is 110 Å². The van der Waals surface area contributed by atoms with Crippen LogP contribution in [-0.2, 0) is 0 Å². The van der Waals surface area contributed by atoms with Crippen LogP contribution in [-0.4, -0.2) is 12.8 Å². The average molecular weight is 565 g/mol. The van der Waals surface area contributed by atoms with E-state index in [4.69, 9.17) is 4.74 Å². The first-order valence-electron chi connectivity index (χ1n) is 13.1. The molecule has 0 radical (unpaired) electrons. The van der Waals surface area contributed by atoms with Crippen molar-refractivity contribution < 1.29 is 26.7 Å². The molecule has 204 valence electrons. The Kier molecular flexibility index (Phi) is 8.14. The first kappa shape index (κ1) is 27.7. The molecule has 0 bridgehead atoms. The maximum Gasteiger partial charge on any atom is 0.458 e. The topological polar surface area (TPSA) is 9.23 Å². The Morgan fingerprint density at radius 1 is 0.800 bits per heavy atom. The number of halogens is 5. The summed E-state index contributed by atoms with van der Waals surface area (Å²) in [6.45, 7) is 2.62. The fourth-order valence-electron chi connectivity index (χ4n) is 5.06. The zero-order valence-electron chi connectivity index (χ0n) is 21.7. The predicted molar refractivity (Wildman–Crippen MR) is 149 cm³/mol. The van der Waals surface area contributed by atoms with E-state index in [1.165, 1.54) is 27.1 Å². The van der Waals surface area contributed by atoms with Crippen LogP contribution < -0.4 is 4.74 Å². The van der Waals surface area contributed by atoms with Gasteiger partial charge in [0, 0.05) is 21.1 Å². The van der Waals surface area contributed by atoms with Gasteiger partial charge in [0.15, 0.2) is 0 Å². The minimum Gasteiger partial charge on any atom is -0.494 e. The summed E-state index contributed by atoms with van der Waals surface area (Å²) in [6.07, 6.45) is -0.698. The number of alkyl halides is 3. The van der Waals surface area contributed by atoms with Gasteiger partial charge in [-0.3, -0.25) is 0 Å². The number of rotatable bonds is 4. The van der Waals surface area contributed by atoms with E-state index in [0.29, 0.717) is 12.5 Å². The molecule has 0 aliphatic heterocycles. The molecule has 7 heteroatoms. The van der Waals surface area contributed by atoms with Crippen molar-refractivity contribution in [1.29, 1.82) is 0 Å². The first-order valence-corrected chi connectivity index (χ1v) is 13.9. The average Bonchev–Trinajstić information content (AvgIpc) is 3.35. The Bertz CT molecular complexity index is 1650. The van der Waals surface area contributed by atoms with Crippen LogP contribution in [0.5, 0.6) is 5.75 Å². The van der Waals surface area contributed by atoms with E-state index < -0.39 is 17.8 Å². The molecule has 4 aromatic rings. The van der Waals surface area contributed by atoms with Gasteiger partial charge in [0.2, 0.25) is 0 Å². The van der Waals surface area contributed by atoms with E-state index in [9.17, 15) is 22.0 Å². The standard InChI is InChI=1S/C33H25F5OS/c1-2-39-28-14-13-27-19-31(40-32(27)20-28)25-10-7-22(8-11-25)26-12-9-23(30(35)18-26)5-3-21-4-6-24(29(34)17-21)15-16-33(36,37)38/h4,6,9,12-14,17-20,22,25H,2,7-8,10-11H2,1H3. The summed E-state index contributed by atoms with van der Waals surface area (Å²) in [5, 5.41) is 1.23. The quantitative estimate of drug-likeness (QED) is 0.177. The Hall–Kier alpha value is -3.81. The highest BCUT2D eigenvalue weighted by molar-refractivity contribution is 7.19. The molecule has 40 heavy (non-hydrogen) atoms. The van der Waals surface area contributed by atoms with Crippen LogP contribution in [0.1, 0.15) is 71.6 Å². The van der Waals surface area contributed by atoms with Crippen molar-refractivity contribution in [3.05, 3.63) is 99.4 Å². The van der Waals surface area contributed by atoms with Crippen molar-refractivity contribution >= 4 is 21.4 Å². The lowest BCUT2D eigenvalue weighted by molar-refractivity contribution is -0.0696. The summed E-state index contributed by atoms with van der Waals surface area (Å²) >= 11 is 1.82. The number of hydrogen-bond donors (Lipinski definition) is 0. The molecule has 1 aliphatic rings. The van der Waals surface area contributed by atoms with Crippen LogP contribution in [0.25, 0.3) is 10.1 Å². The number of ether oxygens (including phenoxy) is 1. The SMILES string of the molecule is CCOc1ccc2cc(C3CCC(c4ccc(C#Cc5ccc(C#CC(F)(F)F)c(F)c5)c(F)c4)CC3)sc2c1. The Morgan fingerprint density at radius 3 is 2.20 bits per heavy atom. The van der Waals surface area contributed by atoms with Gasteiger partial charge in [0.1, 0.15) is 17.4 Å². The molecule has 1 fully saturated rings. The van der Waals surface area contributed by atoms with E-state index in [2.05, 4.69) is 30.0 Å². The van der Waals surface area contributed by atoms with E-state index >= 15 is 0 Å². The zero-order chi connectivity index (χ0) is 28.3. The molecule has 0 saturated heterocycles. The van der Waals surface area contributed by atoms with Gasteiger partial charge in [0.05, 0.1) is 17.7 Å². The van der Waals surface area contributed by atoms with E-state index in [1.807, 2.05) is 30.4 Å². The lowest BCUT2D eigenvalue weighted by Crippen LogP contribution is -2.11. The Morgan fingerprint density at radius 2 is 1.50 bits per heavy atom. The molecule has 0 spiro atoms. The molecule has 5 rings (SSSR count). The fourth-order valence-corrected chi connectivity index (χ4v) is 6.32. The molecule has 3 aromatic carbocycles. The van der Waals surface area contributed by atoms with E-state index in [1.54, 1.807) is 12.0 Å². The molecule has 1 aliphatic carbocycles. The van der Waals surface area contributed by atoms with Crippen molar-refractivity contribution in [2.75, 3.05) is 6.61 Å². The monoisotopic (exact) mass is 564 g/mol. The zero-order valence-corrected chi connectivity index (χ0v) is 22.5. The van der Waals surface area contributed by atoms with E-state index in [-0.39, 0.29) is 22.6 Å². The highest BCUT2D eigenvalue weighted by Crippen LogP contribution is 2.44. The van der Waals surface area contributed by atoms with Crippen molar-refractivity contribution in [2.45, 2.75) is 50.6 Å². The fraction of sp³-hybridized carbons (Fsp3) is 0.273. The van der Waals surface area contributed by atoms with Gasteiger partial charge in [-0.15, -0.1) is 11.3 Å². The summed E-state index contributed by atoms with van der Waals surface area (Å²) in [5.74, 6) is 8.47.